The van der Waals surface area contributed by atoms with Crippen LogP contribution in [-0.2, 0) is 4.79 Å². The highest BCUT2D eigenvalue weighted by molar-refractivity contribution is 6.45. The van der Waals surface area contributed by atoms with Crippen molar-refractivity contribution in [3.63, 3.8) is 0 Å². The van der Waals surface area contributed by atoms with E-state index >= 15 is 0 Å². The highest BCUT2D eigenvalue weighted by Crippen LogP contribution is 2.35. The van der Waals surface area contributed by atoms with Crippen LogP contribution in [0.5, 0.6) is 11.5 Å². The number of hydrogen-bond acceptors (Lipinski definition) is 4. The number of allylic oxidation sites excluding steroid dienone is 1. The molecule has 26 heavy (non-hydrogen) atoms. The number of ketones is 1. The summed E-state index contributed by atoms with van der Waals surface area (Å²) >= 11 is 12.3. The Kier molecular flexibility index (Phi) is 6.66. The maximum absolute atomic E-state index is 12.2. The van der Waals surface area contributed by atoms with Crippen LogP contribution in [0.1, 0.15) is 23.7 Å². The normalized spacial score (nSPS) is 10.3. The molecule has 2 aromatic carbocycles. The summed E-state index contributed by atoms with van der Waals surface area (Å²) in [5.74, 6) is -0.407. The summed E-state index contributed by atoms with van der Waals surface area (Å²) in [5.41, 5.74) is 1.17. The summed E-state index contributed by atoms with van der Waals surface area (Å²) < 4.78 is 5.39. The third-order valence-electron chi connectivity index (χ3n) is 3.55. The molecule has 0 aliphatic rings. The molecular weight excluding hydrogens is 377 g/mol. The quantitative estimate of drug-likeness (QED) is 0.399. The van der Waals surface area contributed by atoms with Crippen LogP contribution in [0.25, 0.3) is 0 Å². The lowest BCUT2D eigenvalue weighted by molar-refractivity contribution is -0.118. The molecule has 0 atom stereocenters. The number of halogens is 2. The Bertz CT molecular complexity index is 847. The molecule has 5 nitrogen and oxygen atoms in total. The van der Waals surface area contributed by atoms with Gasteiger partial charge in [-0.25, -0.2) is 0 Å². The molecular formula is C19H17Cl2NO4. The number of phenolic OH excluding ortho intramolecular Hbond substituents is 1. The van der Waals surface area contributed by atoms with Crippen LogP contribution in [0.15, 0.2) is 48.6 Å². The average molecular weight is 394 g/mol. The molecule has 0 fully saturated rings. The van der Waals surface area contributed by atoms with Crippen molar-refractivity contribution in [3.05, 3.63) is 64.2 Å². The minimum atomic E-state index is -0.414. The van der Waals surface area contributed by atoms with Crippen molar-refractivity contribution in [2.45, 2.75) is 13.3 Å². The zero-order chi connectivity index (χ0) is 19.3. The highest BCUT2D eigenvalue weighted by atomic mass is 35.5. The molecule has 2 aromatic rings. The van der Waals surface area contributed by atoms with Crippen LogP contribution in [0, 0.1) is 0 Å². The predicted octanol–water partition coefficient (Wildman–Crippen LogP) is 4.87. The third-order valence-corrected chi connectivity index (χ3v) is 4.41. The van der Waals surface area contributed by atoms with E-state index < -0.39 is 5.91 Å². The van der Waals surface area contributed by atoms with E-state index in [9.17, 15) is 14.7 Å². The van der Waals surface area contributed by atoms with Gasteiger partial charge in [-0.1, -0.05) is 36.7 Å². The lowest BCUT2D eigenvalue weighted by Gasteiger charge is -2.12. The summed E-state index contributed by atoms with van der Waals surface area (Å²) in [6.07, 6.45) is 0.502. The zero-order valence-corrected chi connectivity index (χ0v) is 15.5. The zero-order valence-electron chi connectivity index (χ0n) is 14.0. The van der Waals surface area contributed by atoms with E-state index in [1.54, 1.807) is 12.1 Å². The van der Waals surface area contributed by atoms with Crippen molar-refractivity contribution >= 4 is 40.6 Å². The number of aromatic hydroxyl groups is 1. The number of carbonyl (C=O) groups excluding carboxylic acids is 2. The summed E-state index contributed by atoms with van der Waals surface area (Å²) in [7, 11) is 0. The van der Waals surface area contributed by atoms with Gasteiger partial charge in [0.15, 0.2) is 12.4 Å². The van der Waals surface area contributed by atoms with Crippen molar-refractivity contribution in [2.75, 3.05) is 11.9 Å². The molecule has 7 heteroatoms. The third kappa shape index (κ3) is 4.77. The van der Waals surface area contributed by atoms with Gasteiger partial charge >= 0.3 is 0 Å². The SMILES string of the molecule is C=C(CC)C(=O)c1ccc(OCC(=O)Nc2ccc(O)cc2)c(Cl)c1Cl. The molecule has 0 spiro atoms. The Morgan fingerprint density at radius 3 is 2.38 bits per heavy atom. The number of rotatable bonds is 7. The second-order valence-corrected chi connectivity index (χ2v) is 6.17. The first-order chi connectivity index (χ1) is 12.3. The van der Waals surface area contributed by atoms with Crippen LogP contribution >= 0.6 is 23.2 Å². The van der Waals surface area contributed by atoms with Gasteiger partial charge in [0, 0.05) is 11.3 Å². The maximum Gasteiger partial charge on any atom is 0.262 e. The van der Waals surface area contributed by atoms with Crippen LogP contribution in [0.3, 0.4) is 0 Å². The molecule has 0 heterocycles. The first-order valence-corrected chi connectivity index (χ1v) is 8.51. The number of nitrogens with one attached hydrogen (secondary N) is 1. The fourth-order valence-corrected chi connectivity index (χ4v) is 2.52. The first-order valence-electron chi connectivity index (χ1n) is 7.75. The van der Waals surface area contributed by atoms with Crippen LogP contribution in [0.2, 0.25) is 10.0 Å². The minimum Gasteiger partial charge on any atom is -0.508 e. The van der Waals surface area contributed by atoms with Gasteiger partial charge < -0.3 is 15.2 Å². The maximum atomic E-state index is 12.2. The van der Waals surface area contributed by atoms with Gasteiger partial charge in [0.05, 0.1) is 5.02 Å². The lowest BCUT2D eigenvalue weighted by Crippen LogP contribution is -2.20. The molecule has 0 unspecified atom stereocenters. The molecule has 0 saturated heterocycles. The molecule has 0 saturated carbocycles. The summed E-state index contributed by atoms with van der Waals surface area (Å²) in [6.45, 7) is 5.22. The van der Waals surface area contributed by atoms with E-state index in [0.29, 0.717) is 17.7 Å². The van der Waals surface area contributed by atoms with Crippen LogP contribution in [-0.4, -0.2) is 23.4 Å². The number of benzene rings is 2. The van der Waals surface area contributed by atoms with Gasteiger partial charge in [0.1, 0.15) is 16.5 Å². The van der Waals surface area contributed by atoms with Crippen LogP contribution < -0.4 is 10.1 Å². The Morgan fingerprint density at radius 1 is 1.12 bits per heavy atom. The highest BCUT2D eigenvalue weighted by Gasteiger charge is 2.18. The van der Waals surface area contributed by atoms with Gasteiger partial charge in [-0.05, 0) is 48.4 Å². The van der Waals surface area contributed by atoms with Crippen LogP contribution in [0.4, 0.5) is 5.69 Å². The number of anilines is 1. The van der Waals surface area contributed by atoms with Gasteiger partial charge in [0.25, 0.3) is 5.91 Å². The first kappa shape index (κ1) is 19.8. The lowest BCUT2D eigenvalue weighted by atomic mass is 10.0. The second kappa shape index (κ2) is 8.74. The monoisotopic (exact) mass is 393 g/mol. The molecule has 0 aliphatic heterocycles. The van der Waals surface area contributed by atoms with Gasteiger partial charge in [-0.15, -0.1) is 0 Å². The smallest absolute Gasteiger partial charge is 0.262 e. The average Bonchev–Trinajstić information content (AvgIpc) is 2.63. The van der Waals surface area contributed by atoms with Crippen molar-refractivity contribution in [2.24, 2.45) is 0 Å². The largest absolute Gasteiger partial charge is 0.508 e. The van der Waals surface area contributed by atoms with Crippen molar-refractivity contribution in [1.29, 1.82) is 0 Å². The number of carbonyl (C=O) groups is 2. The van der Waals surface area contributed by atoms with Gasteiger partial charge in [-0.3, -0.25) is 9.59 Å². The van der Waals surface area contributed by atoms with E-state index in [2.05, 4.69) is 11.9 Å². The molecule has 0 aliphatic carbocycles. The van der Waals surface area contributed by atoms with Crippen molar-refractivity contribution in [3.8, 4) is 11.5 Å². The fraction of sp³-hybridized carbons (Fsp3) is 0.158. The Labute approximate surface area is 161 Å². The Hall–Kier alpha value is -2.50. The van der Waals surface area contributed by atoms with E-state index in [1.165, 1.54) is 24.3 Å². The summed E-state index contributed by atoms with van der Waals surface area (Å²) in [6, 6.07) is 8.99. The number of amides is 1. The molecule has 1 amide bonds. The second-order valence-electron chi connectivity index (χ2n) is 5.41. The summed E-state index contributed by atoms with van der Waals surface area (Å²) in [5, 5.41) is 11.9. The van der Waals surface area contributed by atoms with Crippen molar-refractivity contribution < 1.29 is 19.4 Å². The predicted molar refractivity (Wildman–Crippen MR) is 102 cm³/mol. The molecule has 0 bridgehead atoms. The fourth-order valence-electron chi connectivity index (χ4n) is 2.05. The Balaban J connectivity index is 2.04. The van der Waals surface area contributed by atoms with E-state index in [-0.39, 0.29) is 39.5 Å². The van der Waals surface area contributed by atoms with E-state index in [1.807, 2.05) is 6.92 Å². The molecule has 0 aromatic heterocycles. The molecule has 0 radical (unpaired) electrons. The van der Waals surface area contributed by atoms with Gasteiger partial charge in [-0.2, -0.15) is 0 Å². The number of ether oxygens (including phenoxy) is 1. The van der Waals surface area contributed by atoms with E-state index in [4.69, 9.17) is 27.9 Å². The number of Topliss-reactive ketones (excluding diaryl/α,β-unsaturated/α-hetero) is 1. The topological polar surface area (TPSA) is 75.6 Å². The van der Waals surface area contributed by atoms with Gasteiger partial charge in [0.2, 0.25) is 0 Å². The van der Waals surface area contributed by atoms with Crippen molar-refractivity contribution in [1.82, 2.24) is 0 Å². The molecule has 2 rings (SSSR count). The molecule has 2 N–H and O–H groups in total. The standard InChI is InChI=1S/C19H17Cl2NO4/c1-3-11(2)19(25)14-8-9-15(18(21)17(14)20)26-10-16(24)22-12-4-6-13(23)7-5-12/h4-9,23H,2-3,10H2,1H3,(H,22,24). The summed E-state index contributed by atoms with van der Waals surface area (Å²) in [4.78, 5) is 24.1. The minimum absolute atomic E-state index is 0.0545. The number of hydrogen-bond donors (Lipinski definition) is 2. The number of phenols is 1. The Morgan fingerprint density at radius 2 is 1.77 bits per heavy atom. The van der Waals surface area contributed by atoms with E-state index in [0.717, 1.165) is 0 Å². The molecule has 136 valence electrons.